The molecule has 1 aromatic carbocycles. The molecule has 2 rings (SSSR count). The Labute approximate surface area is 127 Å². The number of hydrogen-bond acceptors (Lipinski definition) is 4. The maximum Gasteiger partial charge on any atom is 0.238 e. The maximum absolute atomic E-state index is 12.1. The Balaban J connectivity index is 1.83. The summed E-state index contributed by atoms with van der Waals surface area (Å²) in [7, 11) is 4.21. The van der Waals surface area contributed by atoms with Crippen LogP contribution in [0.3, 0.4) is 0 Å². The highest BCUT2D eigenvalue weighted by atomic mass is 16.2. The summed E-state index contributed by atoms with van der Waals surface area (Å²) in [4.78, 5) is 16.6. The molecule has 1 aliphatic rings. The molecule has 0 radical (unpaired) electrons. The Morgan fingerprint density at radius 1 is 1.38 bits per heavy atom. The van der Waals surface area contributed by atoms with Crippen LogP contribution < -0.4 is 11.1 Å². The SMILES string of the molecule is CN(C)C1CCCN(CC(=O)Nc2ccc(CN)cc2)C1. The second-order valence-corrected chi connectivity index (χ2v) is 5.94. The second-order valence-electron chi connectivity index (χ2n) is 5.94. The Hall–Kier alpha value is -1.43. The van der Waals surface area contributed by atoms with Gasteiger partial charge in [-0.05, 0) is 51.2 Å². The average Bonchev–Trinajstić information content (AvgIpc) is 2.48. The number of nitrogens with zero attached hydrogens (tertiary/aromatic N) is 2. The fraction of sp³-hybridized carbons (Fsp3) is 0.562. The first kappa shape index (κ1) is 15.9. The molecule has 116 valence electrons. The van der Waals surface area contributed by atoms with Crippen LogP contribution in [0.15, 0.2) is 24.3 Å². The largest absolute Gasteiger partial charge is 0.326 e. The van der Waals surface area contributed by atoms with Crippen LogP contribution in [0.2, 0.25) is 0 Å². The van der Waals surface area contributed by atoms with Gasteiger partial charge in [0.15, 0.2) is 0 Å². The number of amides is 1. The van der Waals surface area contributed by atoms with Gasteiger partial charge in [-0.1, -0.05) is 12.1 Å². The van der Waals surface area contributed by atoms with Gasteiger partial charge in [-0.3, -0.25) is 9.69 Å². The van der Waals surface area contributed by atoms with Gasteiger partial charge in [0.05, 0.1) is 6.54 Å². The number of rotatable bonds is 5. The van der Waals surface area contributed by atoms with E-state index in [-0.39, 0.29) is 5.91 Å². The van der Waals surface area contributed by atoms with Gasteiger partial charge in [0.1, 0.15) is 0 Å². The summed E-state index contributed by atoms with van der Waals surface area (Å²) in [6.07, 6.45) is 2.37. The molecule has 5 nitrogen and oxygen atoms in total. The molecular formula is C16H26N4O. The van der Waals surface area contributed by atoms with Crippen molar-refractivity contribution in [1.29, 1.82) is 0 Å². The van der Waals surface area contributed by atoms with Crippen molar-refractivity contribution in [2.75, 3.05) is 39.0 Å². The number of likely N-dealkylation sites (N-methyl/N-ethyl adjacent to an activating group) is 1. The molecule has 1 aliphatic heterocycles. The number of nitrogens with two attached hydrogens (primary N) is 1. The van der Waals surface area contributed by atoms with Gasteiger partial charge in [0.25, 0.3) is 0 Å². The minimum absolute atomic E-state index is 0.0508. The van der Waals surface area contributed by atoms with Crippen LogP contribution in [0, 0.1) is 0 Å². The van der Waals surface area contributed by atoms with Crippen LogP contribution in [-0.4, -0.2) is 55.5 Å². The van der Waals surface area contributed by atoms with Gasteiger partial charge in [-0.25, -0.2) is 0 Å². The van der Waals surface area contributed by atoms with Crippen molar-refractivity contribution in [3.8, 4) is 0 Å². The highest BCUT2D eigenvalue weighted by molar-refractivity contribution is 5.92. The monoisotopic (exact) mass is 290 g/mol. The lowest BCUT2D eigenvalue weighted by atomic mass is 10.1. The third-order valence-electron chi connectivity index (χ3n) is 4.05. The highest BCUT2D eigenvalue weighted by Gasteiger charge is 2.22. The standard InChI is InChI=1S/C16H26N4O/c1-19(2)15-4-3-9-20(11-15)12-16(21)18-14-7-5-13(10-17)6-8-14/h5-8,15H,3-4,9-12,17H2,1-2H3,(H,18,21). The number of carbonyl (C=O) groups excluding carboxylic acids is 1. The topological polar surface area (TPSA) is 61.6 Å². The maximum atomic E-state index is 12.1. The van der Waals surface area contributed by atoms with E-state index in [0.717, 1.165) is 30.8 Å². The summed E-state index contributed by atoms with van der Waals surface area (Å²) >= 11 is 0. The molecular weight excluding hydrogens is 264 g/mol. The van der Waals surface area contributed by atoms with Crippen molar-refractivity contribution in [3.05, 3.63) is 29.8 Å². The molecule has 0 bridgehead atoms. The average molecular weight is 290 g/mol. The molecule has 1 saturated heterocycles. The zero-order chi connectivity index (χ0) is 15.2. The second kappa shape index (κ2) is 7.54. The fourth-order valence-electron chi connectivity index (χ4n) is 2.72. The van der Waals surface area contributed by atoms with Crippen LogP contribution in [0.4, 0.5) is 5.69 Å². The molecule has 1 heterocycles. The molecule has 21 heavy (non-hydrogen) atoms. The van der Waals surface area contributed by atoms with Crippen LogP contribution in [0.5, 0.6) is 0 Å². The smallest absolute Gasteiger partial charge is 0.238 e. The molecule has 1 fully saturated rings. The lowest BCUT2D eigenvalue weighted by molar-refractivity contribution is -0.117. The van der Waals surface area contributed by atoms with Crippen LogP contribution in [0.25, 0.3) is 0 Å². The molecule has 0 aliphatic carbocycles. The summed E-state index contributed by atoms with van der Waals surface area (Å²) in [5, 5.41) is 2.95. The third-order valence-corrected chi connectivity index (χ3v) is 4.05. The summed E-state index contributed by atoms with van der Waals surface area (Å²) < 4.78 is 0. The van der Waals surface area contributed by atoms with Gasteiger partial charge in [-0.2, -0.15) is 0 Å². The van der Waals surface area contributed by atoms with Crippen molar-refractivity contribution in [1.82, 2.24) is 9.80 Å². The first-order chi connectivity index (χ1) is 10.1. The molecule has 3 N–H and O–H groups in total. The van der Waals surface area contributed by atoms with E-state index in [1.807, 2.05) is 24.3 Å². The van der Waals surface area contributed by atoms with Crippen molar-refractivity contribution < 1.29 is 4.79 Å². The lowest BCUT2D eigenvalue weighted by Gasteiger charge is -2.35. The Bertz CT molecular complexity index is 458. The van der Waals surface area contributed by atoms with E-state index in [0.29, 0.717) is 19.1 Å². The van der Waals surface area contributed by atoms with E-state index >= 15 is 0 Å². The van der Waals surface area contributed by atoms with Crippen LogP contribution >= 0.6 is 0 Å². The van der Waals surface area contributed by atoms with Crippen molar-refractivity contribution in [3.63, 3.8) is 0 Å². The van der Waals surface area contributed by atoms with E-state index in [2.05, 4.69) is 29.2 Å². The predicted molar refractivity (Wildman–Crippen MR) is 86.1 cm³/mol. The minimum Gasteiger partial charge on any atom is -0.326 e. The van der Waals surface area contributed by atoms with Gasteiger partial charge in [-0.15, -0.1) is 0 Å². The first-order valence-corrected chi connectivity index (χ1v) is 7.56. The Morgan fingerprint density at radius 3 is 2.71 bits per heavy atom. The Kier molecular flexibility index (Phi) is 5.73. The number of benzene rings is 1. The number of likely N-dealkylation sites (tertiary alicyclic amines) is 1. The summed E-state index contributed by atoms with van der Waals surface area (Å²) in [5.74, 6) is 0.0508. The van der Waals surface area contributed by atoms with Gasteiger partial charge >= 0.3 is 0 Å². The minimum atomic E-state index is 0.0508. The summed E-state index contributed by atoms with van der Waals surface area (Å²) in [6.45, 7) is 2.95. The number of nitrogens with one attached hydrogen (secondary N) is 1. The van der Waals surface area contributed by atoms with E-state index in [9.17, 15) is 4.79 Å². The zero-order valence-electron chi connectivity index (χ0n) is 13.0. The van der Waals surface area contributed by atoms with Crippen molar-refractivity contribution in [2.24, 2.45) is 5.73 Å². The predicted octanol–water partition coefficient (Wildman–Crippen LogP) is 1.11. The molecule has 0 saturated carbocycles. The van der Waals surface area contributed by atoms with Crippen molar-refractivity contribution >= 4 is 11.6 Å². The fourth-order valence-corrected chi connectivity index (χ4v) is 2.72. The Morgan fingerprint density at radius 2 is 2.10 bits per heavy atom. The first-order valence-electron chi connectivity index (χ1n) is 7.56. The van der Waals surface area contributed by atoms with E-state index < -0.39 is 0 Å². The zero-order valence-corrected chi connectivity index (χ0v) is 13.0. The lowest BCUT2D eigenvalue weighted by Crippen LogP contribution is -2.47. The number of anilines is 1. The molecule has 5 heteroatoms. The summed E-state index contributed by atoms with van der Waals surface area (Å²) in [6, 6.07) is 8.24. The highest BCUT2D eigenvalue weighted by Crippen LogP contribution is 2.14. The molecule has 1 amide bonds. The molecule has 1 unspecified atom stereocenters. The molecule has 0 aromatic heterocycles. The number of hydrogen-bond donors (Lipinski definition) is 2. The van der Waals surface area contributed by atoms with E-state index in [4.69, 9.17) is 5.73 Å². The quantitative estimate of drug-likeness (QED) is 0.853. The van der Waals surface area contributed by atoms with E-state index in [1.54, 1.807) is 0 Å². The molecule has 0 spiro atoms. The van der Waals surface area contributed by atoms with Crippen LogP contribution in [0.1, 0.15) is 18.4 Å². The number of carbonyl (C=O) groups is 1. The third kappa shape index (κ3) is 4.81. The van der Waals surface area contributed by atoms with Gasteiger partial charge < -0.3 is 16.0 Å². The number of piperidine rings is 1. The van der Waals surface area contributed by atoms with E-state index in [1.165, 1.54) is 6.42 Å². The normalized spacial score (nSPS) is 19.7. The van der Waals surface area contributed by atoms with Gasteiger partial charge in [0, 0.05) is 24.8 Å². The van der Waals surface area contributed by atoms with Crippen LogP contribution in [-0.2, 0) is 11.3 Å². The van der Waals surface area contributed by atoms with Gasteiger partial charge in [0.2, 0.25) is 5.91 Å². The summed E-state index contributed by atoms with van der Waals surface area (Å²) in [5.41, 5.74) is 7.46. The molecule has 1 atom stereocenters. The molecule has 1 aromatic rings. The van der Waals surface area contributed by atoms with Crippen molar-refractivity contribution in [2.45, 2.75) is 25.4 Å².